The molecule has 2 aromatic carbocycles. The highest BCUT2D eigenvalue weighted by atomic mass is 35.5. The number of hydrogen-bond acceptors (Lipinski definition) is 2. The number of nitrogens with one attached hydrogen (secondary N) is 2. The summed E-state index contributed by atoms with van der Waals surface area (Å²) >= 11 is 5.86. The summed E-state index contributed by atoms with van der Waals surface area (Å²) in [6, 6.07) is 16.9. The van der Waals surface area contributed by atoms with Gasteiger partial charge in [0.15, 0.2) is 0 Å². The third-order valence-corrected chi connectivity index (χ3v) is 4.88. The van der Waals surface area contributed by atoms with Crippen LogP contribution >= 0.6 is 11.6 Å². The smallest absolute Gasteiger partial charge is 0.236 e. The Morgan fingerprint density at radius 2 is 1.68 bits per heavy atom. The Labute approximate surface area is 152 Å². The summed E-state index contributed by atoms with van der Waals surface area (Å²) in [5.41, 5.74) is 1.05. The normalized spacial score (nSPS) is 15.9. The summed E-state index contributed by atoms with van der Waals surface area (Å²) in [6.07, 6.45) is 1.18. The first-order valence-corrected chi connectivity index (χ1v) is 8.78. The molecule has 2 amide bonds. The molecule has 25 heavy (non-hydrogen) atoms. The van der Waals surface area contributed by atoms with Gasteiger partial charge >= 0.3 is 0 Å². The number of rotatable bonds is 6. The molecule has 130 valence electrons. The summed E-state index contributed by atoms with van der Waals surface area (Å²) in [6.45, 7) is 2.31. The molecule has 1 unspecified atom stereocenters. The van der Waals surface area contributed by atoms with Crippen molar-refractivity contribution in [3.05, 3.63) is 70.7 Å². The van der Waals surface area contributed by atoms with Gasteiger partial charge in [-0.2, -0.15) is 0 Å². The van der Waals surface area contributed by atoms with Crippen LogP contribution in [0.1, 0.15) is 36.9 Å². The molecule has 1 atom stereocenters. The molecule has 0 radical (unpaired) electrons. The molecule has 4 nitrogen and oxygen atoms in total. The average molecular weight is 357 g/mol. The largest absolute Gasteiger partial charge is 0.351 e. The van der Waals surface area contributed by atoms with Crippen LogP contribution in [0.5, 0.6) is 0 Å². The fraction of sp³-hybridized carbons (Fsp3) is 0.300. The van der Waals surface area contributed by atoms with Crippen molar-refractivity contribution in [3.8, 4) is 0 Å². The molecule has 2 aromatic rings. The standard InChI is InChI=1S/C20H21ClN2O2/c1-14(16-5-3-2-4-6-16)23-19(25)20(11-12-20)18(24)22-13-15-7-9-17(21)10-8-15/h2-10,14H,11-13H2,1H3,(H,22,24)(H,23,25). The third-order valence-electron chi connectivity index (χ3n) is 4.63. The van der Waals surface area contributed by atoms with E-state index in [9.17, 15) is 9.59 Å². The van der Waals surface area contributed by atoms with Gasteiger partial charge in [-0.25, -0.2) is 0 Å². The number of hydrogen-bond donors (Lipinski definition) is 2. The summed E-state index contributed by atoms with van der Waals surface area (Å²) in [4.78, 5) is 25.1. The maximum atomic E-state index is 12.6. The molecule has 0 aliphatic heterocycles. The zero-order chi connectivity index (χ0) is 17.9. The van der Waals surface area contributed by atoms with Crippen LogP contribution in [0.4, 0.5) is 0 Å². The van der Waals surface area contributed by atoms with E-state index in [1.807, 2.05) is 49.4 Å². The predicted octanol–water partition coefficient (Wildman–Crippen LogP) is 3.61. The number of halogens is 1. The Bertz CT molecular complexity index is 755. The fourth-order valence-electron chi connectivity index (χ4n) is 2.80. The summed E-state index contributed by atoms with van der Waals surface area (Å²) < 4.78 is 0. The van der Waals surface area contributed by atoms with Gasteiger partial charge in [0.1, 0.15) is 5.41 Å². The molecule has 0 heterocycles. The highest BCUT2D eigenvalue weighted by Crippen LogP contribution is 2.46. The van der Waals surface area contributed by atoms with Crippen molar-refractivity contribution < 1.29 is 9.59 Å². The maximum absolute atomic E-state index is 12.6. The molecule has 1 aliphatic carbocycles. The highest BCUT2D eigenvalue weighted by molar-refractivity contribution is 6.30. The van der Waals surface area contributed by atoms with Crippen molar-refractivity contribution in [2.45, 2.75) is 32.4 Å². The minimum Gasteiger partial charge on any atom is -0.351 e. The van der Waals surface area contributed by atoms with Crippen LogP contribution in [-0.4, -0.2) is 11.8 Å². The summed E-state index contributed by atoms with van der Waals surface area (Å²) in [7, 11) is 0. The van der Waals surface area contributed by atoms with E-state index in [1.54, 1.807) is 12.1 Å². The van der Waals surface area contributed by atoms with Gasteiger partial charge in [0.25, 0.3) is 0 Å². The van der Waals surface area contributed by atoms with Crippen molar-refractivity contribution in [1.82, 2.24) is 10.6 Å². The molecule has 0 saturated heterocycles. The van der Waals surface area contributed by atoms with Gasteiger partial charge in [0.2, 0.25) is 11.8 Å². The Balaban J connectivity index is 1.58. The summed E-state index contributed by atoms with van der Waals surface area (Å²) in [5, 5.41) is 6.50. The van der Waals surface area contributed by atoms with Gasteiger partial charge in [0.05, 0.1) is 6.04 Å². The first-order valence-electron chi connectivity index (χ1n) is 8.40. The van der Waals surface area contributed by atoms with Crippen LogP contribution < -0.4 is 10.6 Å². The van der Waals surface area contributed by atoms with Crippen LogP contribution in [0.2, 0.25) is 5.02 Å². The average Bonchev–Trinajstić information content (AvgIpc) is 3.44. The Kier molecular flexibility index (Phi) is 5.09. The number of benzene rings is 2. The van der Waals surface area contributed by atoms with E-state index in [0.29, 0.717) is 24.4 Å². The molecule has 0 aromatic heterocycles. The minimum atomic E-state index is -0.921. The number of carbonyl (C=O) groups is 2. The lowest BCUT2D eigenvalue weighted by molar-refractivity contribution is -0.137. The second-order valence-corrected chi connectivity index (χ2v) is 6.93. The van der Waals surface area contributed by atoms with Crippen molar-refractivity contribution in [2.24, 2.45) is 5.41 Å². The van der Waals surface area contributed by atoms with E-state index < -0.39 is 5.41 Å². The number of carbonyl (C=O) groups excluding carboxylic acids is 2. The number of amides is 2. The van der Waals surface area contributed by atoms with Gasteiger partial charge in [-0.15, -0.1) is 0 Å². The van der Waals surface area contributed by atoms with Gasteiger partial charge in [-0.1, -0.05) is 54.1 Å². The quantitative estimate of drug-likeness (QED) is 0.777. The minimum absolute atomic E-state index is 0.129. The van der Waals surface area contributed by atoms with E-state index in [4.69, 9.17) is 11.6 Å². The first kappa shape index (κ1) is 17.5. The van der Waals surface area contributed by atoms with Crippen LogP contribution in [0, 0.1) is 5.41 Å². The first-order chi connectivity index (χ1) is 12.0. The second-order valence-electron chi connectivity index (χ2n) is 6.50. The van der Waals surface area contributed by atoms with Gasteiger partial charge < -0.3 is 10.6 Å². The Morgan fingerprint density at radius 1 is 1.04 bits per heavy atom. The van der Waals surface area contributed by atoms with E-state index in [2.05, 4.69) is 10.6 Å². The fourth-order valence-corrected chi connectivity index (χ4v) is 2.92. The van der Waals surface area contributed by atoms with Crippen molar-refractivity contribution in [1.29, 1.82) is 0 Å². The third kappa shape index (κ3) is 4.02. The van der Waals surface area contributed by atoms with Gasteiger partial charge in [-0.05, 0) is 43.0 Å². The van der Waals surface area contributed by atoms with E-state index in [0.717, 1.165) is 11.1 Å². The zero-order valence-corrected chi connectivity index (χ0v) is 14.8. The SMILES string of the molecule is CC(NC(=O)C1(C(=O)NCc2ccc(Cl)cc2)CC1)c1ccccc1. The zero-order valence-electron chi connectivity index (χ0n) is 14.1. The molecule has 2 N–H and O–H groups in total. The molecule has 0 spiro atoms. The molecule has 1 fully saturated rings. The van der Waals surface area contributed by atoms with E-state index in [-0.39, 0.29) is 17.9 Å². The predicted molar refractivity (Wildman–Crippen MR) is 98.0 cm³/mol. The van der Waals surface area contributed by atoms with Crippen LogP contribution in [0.3, 0.4) is 0 Å². The van der Waals surface area contributed by atoms with Crippen molar-refractivity contribution in [2.75, 3.05) is 0 Å². The lowest BCUT2D eigenvalue weighted by Gasteiger charge is -2.19. The molecule has 0 bridgehead atoms. The van der Waals surface area contributed by atoms with E-state index >= 15 is 0 Å². The van der Waals surface area contributed by atoms with Crippen LogP contribution in [0.25, 0.3) is 0 Å². The topological polar surface area (TPSA) is 58.2 Å². The van der Waals surface area contributed by atoms with Crippen molar-refractivity contribution in [3.63, 3.8) is 0 Å². The molecule has 1 aliphatic rings. The highest BCUT2D eigenvalue weighted by Gasteiger charge is 2.56. The molecular weight excluding hydrogens is 336 g/mol. The molecule has 3 rings (SSSR count). The monoisotopic (exact) mass is 356 g/mol. The summed E-state index contributed by atoms with van der Waals surface area (Å²) in [5.74, 6) is -0.405. The molecular formula is C20H21ClN2O2. The molecule has 5 heteroatoms. The van der Waals surface area contributed by atoms with Crippen LogP contribution in [0.15, 0.2) is 54.6 Å². The Morgan fingerprint density at radius 3 is 2.28 bits per heavy atom. The van der Waals surface area contributed by atoms with Crippen molar-refractivity contribution >= 4 is 23.4 Å². The maximum Gasteiger partial charge on any atom is 0.236 e. The second kappa shape index (κ2) is 7.28. The van der Waals surface area contributed by atoms with Crippen LogP contribution in [-0.2, 0) is 16.1 Å². The lowest BCUT2D eigenvalue weighted by atomic mass is 10.0. The Hall–Kier alpha value is -2.33. The lowest BCUT2D eigenvalue weighted by Crippen LogP contribution is -2.43. The van der Waals surface area contributed by atoms with Gasteiger partial charge in [-0.3, -0.25) is 9.59 Å². The van der Waals surface area contributed by atoms with Gasteiger partial charge in [0, 0.05) is 11.6 Å². The molecule has 1 saturated carbocycles. The van der Waals surface area contributed by atoms with E-state index in [1.165, 1.54) is 0 Å².